The number of nitriles is 1. The highest BCUT2D eigenvalue weighted by Crippen LogP contribution is 2.21. The average Bonchev–Trinajstić information content (AvgIpc) is 2.47. The van der Waals surface area contributed by atoms with E-state index in [1.54, 1.807) is 0 Å². The van der Waals surface area contributed by atoms with Crippen LogP contribution in [0.25, 0.3) is 0 Å². The molecule has 0 spiro atoms. The summed E-state index contributed by atoms with van der Waals surface area (Å²) in [7, 11) is 0. The van der Waals surface area contributed by atoms with Crippen LogP contribution in [-0.4, -0.2) is 0 Å². The van der Waals surface area contributed by atoms with Crippen LogP contribution in [-0.2, 0) is 5.41 Å². The van der Waals surface area contributed by atoms with Crippen LogP contribution >= 0.6 is 0 Å². The van der Waals surface area contributed by atoms with E-state index >= 15 is 0 Å². The Labute approximate surface area is 108 Å². The Morgan fingerprint density at radius 2 is 1.44 bits per heavy atom. The predicted octanol–water partition coefficient (Wildman–Crippen LogP) is 3.52. The smallest absolute Gasteiger partial charge is 0.140 e. The van der Waals surface area contributed by atoms with Crippen LogP contribution < -0.4 is 0 Å². The Kier molecular flexibility index (Phi) is 3.46. The molecule has 0 bridgehead atoms. The average molecular weight is 231 g/mol. The topological polar surface area (TPSA) is 23.8 Å². The van der Waals surface area contributed by atoms with Crippen molar-refractivity contribution in [3.8, 4) is 17.9 Å². The molecule has 0 aromatic heterocycles. The molecule has 1 nitrogen and oxygen atoms in total. The lowest BCUT2D eigenvalue weighted by Crippen LogP contribution is -2.16. The van der Waals surface area contributed by atoms with Crippen LogP contribution in [0.15, 0.2) is 60.7 Å². The summed E-state index contributed by atoms with van der Waals surface area (Å²) in [6, 6.07) is 21.7. The molecule has 0 fully saturated rings. The van der Waals surface area contributed by atoms with Gasteiger partial charge in [-0.2, -0.15) is 5.26 Å². The summed E-state index contributed by atoms with van der Waals surface area (Å²) >= 11 is 0. The van der Waals surface area contributed by atoms with E-state index in [0.29, 0.717) is 0 Å². The predicted molar refractivity (Wildman–Crippen MR) is 72.7 cm³/mol. The SMILES string of the molecule is CC(C#N)(C#Cc1ccccc1)c1ccccc1. The van der Waals surface area contributed by atoms with Crippen LogP contribution in [0.4, 0.5) is 0 Å². The molecule has 1 heteroatoms. The van der Waals surface area contributed by atoms with E-state index in [9.17, 15) is 5.26 Å². The van der Waals surface area contributed by atoms with Gasteiger partial charge in [-0.1, -0.05) is 60.4 Å². The zero-order valence-electron chi connectivity index (χ0n) is 10.2. The van der Waals surface area contributed by atoms with E-state index in [1.807, 2.05) is 67.6 Å². The van der Waals surface area contributed by atoms with Gasteiger partial charge in [-0.05, 0) is 24.6 Å². The molecule has 0 aliphatic rings. The summed E-state index contributed by atoms with van der Waals surface area (Å²) in [5.41, 5.74) is 1.09. The van der Waals surface area contributed by atoms with E-state index in [2.05, 4.69) is 17.9 Å². The Morgan fingerprint density at radius 3 is 2.00 bits per heavy atom. The van der Waals surface area contributed by atoms with Crippen LogP contribution in [0.1, 0.15) is 18.1 Å². The van der Waals surface area contributed by atoms with Crippen molar-refractivity contribution in [1.82, 2.24) is 0 Å². The highest BCUT2D eigenvalue weighted by Gasteiger charge is 2.23. The van der Waals surface area contributed by atoms with Gasteiger partial charge in [0.2, 0.25) is 0 Å². The third-order valence-electron chi connectivity index (χ3n) is 2.81. The molecule has 2 aromatic rings. The summed E-state index contributed by atoms with van der Waals surface area (Å²) in [5, 5.41) is 9.36. The fourth-order valence-corrected chi connectivity index (χ4v) is 1.65. The highest BCUT2D eigenvalue weighted by molar-refractivity contribution is 5.45. The fourth-order valence-electron chi connectivity index (χ4n) is 1.65. The van der Waals surface area contributed by atoms with Gasteiger partial charge in [0.25, 0.3) is 0 Å². The summed E-state index contributed by atoms with van der Waals surface area (Å²) in [6.45, 7) is 1.85. The molecule has 86 valence electrons. The number of benzene rings is 2. The van der Waals surface area contributed by atoms with Gasteiger partial charge in [0.15, 0.2) is 0 Å². The Bertz CT molecular complexity index is 611. The molecule has 0 saturated carbocycles. The number of nitrogens with zero attached hydrogens (tertiary/aromatic N) is 1. The third-order valence-corrected chi connectivity index (χ3v) is 2.81. The quantitative estimate of drug-likeness (QED) is 0.689. The van der Waals surface area contributed by atoms with Crippen molar-refractivity contribution in [1.29, 1.82) is 5.26 Å². The van der Waals surface area contributed by atoms with Crippen molar-refractivity contribution in [3.05, 3.63) is 71.8 Å². The van der Waals surface area contributed by atoms with E-state index in [1.165, 1.54) is 0 Å². The maximum Gasteiger partial charge on any atom is 0.140 e. The number of hydrogen-bond acceptors (Lipinski definition) is 1. The Hall–Kier alpha value is -2.51. The van der Waals surface area contributed by atoms with Gasteiger partial charge in [0.1, 0.15) is 5.41 Å². The van der Waals surface area contributed by atoms with Gasteiger partial charge in [-0.15, -0.1) is 0 Å². The molecule has 0 aliphatic carbocycles. The molecule has 0 N–H and O–H groups in total. The van der Waals surface area contributed by atoms with E-state index in [0.717, 1.165) is 11.1 Å². The molecule has 0 radical (unpaired) electrons. The summed E-state index contributed by atoms with van der Waals surface area (Å²) in [6.07, 6.45) is 0. The van der Waals surface area contributed by atoms with Crippen LogP contribution in [0.2, 0.25) is 0 Å². The minimum absolute atomic E-state index is 0.767. The fraction of sp³-hybridized carbons (Fsp3) is 0.118. The molecule has 2 aromatic carbocycles. The second kappa shape index (κ2) is 5.21. The number of rotatable bonds is 1. The second-order valence-corrected chi connectivity index (χ2v) is 4.22. The first-order valence-corrected chi connectivity index (χ1v) is 5.79. The van der Waals surface area contributed by atoms with Crippen LogP contribution in [0, 0.1) is 23.2 Å². The van der Waals surface area contributed by atoms with Gasteiger partial charge in [-0.25, -0.2) is 0 Å². The molecule has 18 heavy (non-hydrogen) atoms. The van der Waals surface area contributed by atoms with Crippen LogP contribution in [0.3, 0.4) is 0 Å². The Balaban J connectivity index is 2.37. The minimum atomic E-state index is -0.767. The van der Waals surface area contributed by atoms with Gasteiger partial charge in [0.05, 0.1) is 6.07 Å². The second-order valence-electron chi connectivity index (χ2n) is 4.22. The zero-order chi connectivity index (χ0) is 12.8. The van der Waals surface area contributed by atoms with Crippen molar-refractivity contribution in [2.45, 2.75) is 12.3 Å². The van der Waals surface area contributed by atoms with Gasteiger partial charge < -0.3 is 0 Å². The maximum atomic E-state index is 9.36. The molecular formula is C17H13N. The lowest BCUT2D eigenvalue weighted by atomic mass is 9.84. The normalized spacial score (nSPS) is 12.7. The lowest BCUT2D eigenvalue weighted by Gasteiger charge is -2.14. The maximum absolute atomic E-state index is 9.36. The van der Waals surface area contributed by atoms with E-state index in [4.69, 9.17) is 0 Å². The summed E-state index contributed by atoms with van der Waals surface area (Å²) in [5.74, 6) is 6.13. The number of hydrogen-bond donors (Lipinski definition) is 0. The minimum Gasteiger partial charge on any atom is -0.196 e. The van der Waals surface area contributed by atoms with E-state index in [-0.39, 0.29) is 0 Å². The highest BCUT2D eigenvalue weighted by atomic mass is 14.3. The monoisotopic (exact) mass is 231 g/mol. The summed E-state index contributed by atoms with van der Waals surface area (Å²) < 4.78 is 0. The van der Waals surface area contributed by atoms with Gasteiger partial charge >= 0.3 is 0 Å². The summed E-state index contributed by atoms with van der Waals surface area (Å²) in [4.78, 5) is 0. The van der Waals surface area contributed by atoms with Crippen molar-refractivity contribution < 1.29 is 0 Å². The van der Waals surface area contributed by atoms with Crippen molar-refractivity contribution in [2.24, 2.45) is 0 Å². The first-order chi connectivity index (χ1) is 8.74. The first kappa shape index (κ1) is 12.0. The van der Waals surface area contributed by atoms with Gasteiger partial charge in [0, 0.05) is 5.56 Å². The van der Waals surface area contributed by atoms with Crippen LogP contribution in [0.5, 0.6) is 0 Å². The molecule has 1 unspecified atom stereocenters. The Morgan fingerprint density at radius 1 is 0.889 bits per heavy atom. The molecule has 0 amide bonds. The lowest BCUT2D eigenvalue weighted by molar-refractivity contribution is 0.806. The molecule has 2 rings (SSSR count). The largest absolute Gasteiger partial charge is 0.196 e. The molecule has 0 aliphatic heterocycles. The molecule has 0 saturated heterocycles. The van der Waals surface area contributed by atoms with Crippen molar-refractivity contribution in [2.75, 3.05) is 0 Å². The molecule has 1 atom stereocenters. The standard InChI is InChI=1S/C17H13N/c1-17(14-18,16-10-6-3-7-11-16)13-12-15-8-4-2-5-9-15/h2-11H,1H3. The van der Waals surface area contributed by atoms with E-state index < -0.39 is 5.41 Å². The molecule has 0 heterocycles. The van der Waals surface area contributed by atoms with Crippen molar-refractivity contribution >= 4 is 0 Å². The zero-order valence-corrected chi connectivity index (χ0v) is 10.2. The first-order valence-electron chi connectivity index (χ1n) is 5.79. The third kappa shape index (κ3) is 2.59. The molecular weight excluding hydrogens is 218 g/mol. The van der Waals surface area contributed by atoms with Crippen molar-refractivity contribution in [3.63, 3.8) is 0 Å². The van der Waals surface area contributed by atoms with Gasteiger partial charge in [-0.3, -0.25) is 0 Å².